The lowest BCUT2D eigenvalue weighted by molar-refractivity contribution is 0.358. The van der Waals surface area contributed by atoms with Crippen molar-refractivity contribution in [3.05, 3.63) is 30.0 Å². The molecule has 1 aliphatic rings. The second kappa shape index (κ2) is 6.98. The van der Waals surface area contributed by atoms with Crippen LogP contribution in [0.3, 0.4) is 0 Å². The third-order valence-electron chi connectivity index (χ3n) is 4.39. The van der Waals surface area contributed by atoms with E-state index in [4.69, 9.17) is 0 Å². The number of aryl methyl sites for hydroxylation is 1. The first kappa shape index (κ1) is 16.4. The van der Waals surface area contributed by atoms with E-state index in [1.165, 1.54) is 12.8 Å². The first-order valence-corrected chi connectivity index (χ1v) is 9.81. The Morgan fingerprint density at radius 3 is 2.74 bits per heavy atom. The second-order valence-electron chi connectivity index (χ2n) is 6.10. The topological polar surface area (TPSA) is 67.2 Å². The van der Waals surface area contributed by atoms with Gasteiger partial charge in [-0.1, -0.05) is 18.2 Å². The number of hydrogen-bond acceptors (Lipinski definition) is 4. The van der Waals surface area contributed by atoms with Crippen LogP contribution in [0, 0.1) is 0 Å². The van der Waals surface area contributed by atoms with Crippen LogP contribution in [0.15, 0.2) is 24.3 Å². The van der Waals surface area contributed by atoms with Crippen LogP contribution < -0.4 is 4.72 Å². The van der Waals surface area contributed by atoms with Gasteiger partial charge >= 0.3 is 0 Å². The molecule has 0 spiro atoms. The number of aromatic nitrogens is 2. The van der Waals surface area contributed by atoms with E-state index in [-0.39, 0.29) is 5.75 Å². The lowest BCUT2D eigenvalue weighted by Crippen LogP contribution is -2.34. The first-order chi connectivity index (χ1) is 11.1. The van der Waals surface area contributed by atoms with Crippen molar-refractivity contribution >= 4 is 20.9 Å². The maximum absolute atomic E-state index is 12.1. The Morgan fingerprint density at radius 2 is 1.96 bits per heavy atom. The number of fused-ring (bicyclic) bond motifs is 1. The molecule has 0 bridgehead atoms. The fourth-order valence-electron chi connectivity index (χ4n) is 3.13. The Balaban J connectivity index is 1.53. The molecule has 2 aromatic rings. The van der Waals surface area contributed by atoms with Gasteiger partial charge in [0.05, 0.1) is 17.0 Å². The Kier molecular flexibility index (Phi) is 4.99. The highest BCUT2D eigenvalue weighted by Crippen LogP contribution is 2.17. The van der Waals surface area contributed by atoms with Crippen LogP contribution in [0.5, 0.6) is 0 Å². The Hall–Kier alpha value is -1.44. The zero-order valence-corrected chi connectivity index (χ0v) is 14.3. The predicted molar refractivity (Wildman–Crippen MR) is 91.9 cm³/mol. The van der Waals surface area contributed by atoms with Crippen molar-refractivity contribution in [2.75, 3.05) is 31.9 Å². The van der Waals surface area contributed by atoms with E-state index >= 15 is 0 Å². The number of para-hydroxylation sites is 1. The van der Waals surface area contributed by atoms with Gasteiger partial charge in [-0.15, -0.1) is 0 Å². The van der Waals surface area contributed by atoms with Gasteiger partial charge in [0.25, 0.3) is 0 Å². The number of likely N-dealkylation sites (tertiary alicyclic amines) is 1. The maximum Gasteiger partial charge on any atom is 0.212 e. The summed E-state index contributed by atoms with van der Waals surface area (Å²) in [5.41, 5.74) is 2.00. The minimum atomic E-state index is -3.21. The molecule has 0 radical (unpaired) electrons. The summed E-state index contributed by atoms with van der Waals surface area (Å²) in [6, 6.07) is 8.01. The molecular weight excluding hydrogens is 312 g/mol. The lowest BCUT2D eigenvalue weighted by atomic mass is 10.2. The predicted octanol–water partition coefficient (Wildman–Crippen LogP) is 1.13. The second-order valence-corrected chi connectivity index (χ2v) is 8.03. The number of rotatable bonds is 7. The van der Waals surface area contributed by atoms with E-state index < -0.39 is 10.0 Å². The van der Waals surface area contributed by atoms with Gasteiger partial charge in [-0.25, -0.2) is 13.1 Å². The summed E-state index contributed by atoms with van der Waals surface area (Å²) in [6.45, 7) is 3.07. The molecule has 1 fully saturated rings. The first-order valence-electron chi connectivity index (χ1n) is 8.15. The van der Waals surface area contributed by atoms with E-state index in [0.29, 0.717) is 19.5 Å². The molecule has 0 saturated carbocycles. The van der Waals surface area contributed by atoms with Crippen molar-refractivity contribution in [3.63, 3.8) is 0 Å². The minimum absolute atomic E-state index is 0.177. The number of hydrogen-bond donors (Lipinski definition) is 1. The molecule has 126 valence electrons. The third-order valence-corrected chi connectivity index (χ3v) is 5.76. The highest BCUT2D eigenvalue weighted by molar-refractivity contribution is 7.89. The van der Waals surface area contributed by atoms with Crippen molar-refractivity contribution in [1.82, 2.24) is 19.4 Å². The van der Waals surface area contributed by atoms with Gasteiger partial charge in [-0.2, -0.15) is 5.10 Å². The van der Waals surface area contributed by atoms with Crippen molar-refractivity contribution in [2.24, 2.45) is 7.05 Å². The van der Waals surface area contributed by atoms with E-state index in [1.807, 2.05) is 36.0 Å². The van der Waals surface area contributed by atoms with Gasteiger partial charge in [0, 0.05) is 31.9 Å². The average molecular weight is 336 g/mol. The van der Waals surface area contributed by atoms with Gasteiger partial charge in [-0.05, 0) is 32.0 Å². The van der Waals surface area contributed by atoms with Crippen molar-refractivity contribution in [2.45, 2.75) is 19.3 Å². The van der Waals surface area contributed by atoms with Gasteiger partial charge in [0.15, 0.2) is 0 Å². The Bertz CT molecular complexity index is 763. The number of benzene rings is 1. The van der Waals surface area contributed by atoms with Crippen molar-refractivity contribution < 1.29 is 8.42 Å². The van der Waals surface area contributed by atoms with Crippen LogP contribution in [0.1, 0.15) is 18.5 Å². The summed E-state index contributed by atoms with van der Waals surface area (Å²) in [7, 11) is -1.30. The van der Waals surface area contributed by atoms with Crippen LogP contribution in [0.2, 0.25) is 0 Å². The van der Waals surface area contributed by atoms with Gasteiger partial charge in [0.1, 0.15) is 0 Å². The number of sulfonamides is 1. The third kappa shape index (κ3) is 4.10. The molecular formula is C16H24N4O2S. The highest BCUT2D eigenvalue weighted by atomic mass is 32.2. The average Bonchev–Trinajstić information content (AvgIpc) is 3.15. The van der Waals surface area contributed by atoms with Gasteiger partial charge in [-0.3, -0.25) is 4.68 Å². The summed E-state index contributed by atoms with van der Waals surface area (Å²) in [4.78, 5) is 2.21. The van der Waals surface area contributed by atoms with Crippen LogP contribution in [-0.2, 0) is 23.5 Å². The van der Waals surface area contributed by atoms with E-state index in [0.717, 1.165) is 29.7 Å². The normalized spacial score (nSPS) is 16.4. The van der Waals surface area contributed by atoms with Gasteiger partial charge in [0.2, 0.25) is 10.0 Å². The summed E-state index contributed by atoms with van der Waals surface area (Å²) < 4.78 is 28.7. The molecule has 23 heavy (non-hydrogen) atoms. The molecule has 7 heteroatoms. The monoisotopic (exact) mass is 336 g/mol. The van der Waals surface area contributed by atoms with E-state index in [1.54, 1.807) is 0 Å². The molecule has 1 aromatic carbocycles. The summed E-state index contributed by atoms with van der Waals surface area (Å²) in [6.07, 6.45) is 2.96. The van der Waals surface area contributed by atoms with Crippen LogP contribution >= 0.6 is 0 Å². The molecule has 3 rings (SSSR count). The molecule has 0 amide bonds. The zero-order chi connectivity index (χ0) is 16.3. The van der Waals surface area contributed by atoms with Crippen molar-refractivity contribution in [1.29, 1.82) is 0 Å². The quantitative estimate of drug-likeness (QED) is 0.823. The number of nitrogens with one attached hydrogen (secondary N) is 1. The van der Waals surface area contributed by atoms with Crippen LogP contribution in [-0.4, -0.2) is 55.0 Å². The SMILES string of the molecule is Cn1nc(CCNS(=O)(=O)CCN2CCCC2)c2ccccc21. The molecule has 1 aliphatic heterocycles. The molecule has 0 atom stereocenters. The van der Waals surface area contributed by atoms with E-state index in [2.05, 4.69) is 14.7 Å². The lowest BCUT2D eigenvalue weighted by Gasteiger charge is -2.14. The smallest absolute Gasteiger partial charge is 0.212 e. The van der Waals surface area contributed by atoms with E-state index in [9.17, 15) is 8.42 Å². The van der Waals surface area contributed by atoms with Crippen LogP contribution in [0.25, 0.3) is 10.9 Å². The zero-order valence-electron chi connectivity index (χ0n) is 13.5. The molecule has 0 aliphatic carbocycles. The summed E-state index contributed by atoms with van der Waals surface area (Å²) in [5.74, 6) is 0.177. The summed E-state index contributed by atoms with van der Waals surface area (Å²) >= 11 is 0. The molecule has 2 heterocycles. The van der Waals surface area contributed by atoms with Crippen LogP contribution in [0.4, 0.5) is 0 Å². The highest BCUT2D eigenvalue weighted by Gasteiger charge is 2.16. The fourth-order valence-corrected chi connectivity index (χ4v) is 4.18. The molecule has 0 unspecified atom stereocenters. The molecule has 1 N–H and O–H groups in total. The number of nitrogens with zero attached hydrogens (tertiary/aromatic N) is 3. The fraction of sp³-hybridized carbons (Fsp3) is 0.562. The Morgan fingerprint density at radius 1 is 1.22 bits per heavy atom. The van der Waals surface area contributed by atoms with Crippen molar-refractivity contribution in [3.8, 4) is 0 Å². The summed E-state index contributed by atoms with van der Waals surface area (Å²) in [5, 5.41) is 5.58. The standard InChI is InChI=1S/C16H24N4O2S/c1-19-16-7-3-2-6-14(16)15(18-19)8-9-17-23(21,22)13-12-20-10-4-5-11-20/h2-3,6-7,17H,4-5,8-13H2,1H3. The molecule has 1 saturated heterocycles. The largest absolute Gasteiger partial charge is 0.302 e. The molecule has 6 nitrogen and oxygen atoms in total. The Labute approximate surface area is 137 Å². The maximum atomic E-state index is 12.1. The van der Waals surface area contributed by atoms with Gasteiger partial charge < -0.3 is 4.90 Å². The molecule has 1 aromatic heterocycles. The minimum Gasteiger partial charge on any atom is -0.302 e.